The second kappa shape index (κ2) is 7.82. The van der Waals surface area contributed by atoms with Gasteiger partial charge in [0.2, 0.25) is 5.91 Å². The molecule has 2 aromatic rings. The number of halogens is 1. The summed E-state index contributed by atoms with van der Waals surface area (Å²) in [7, 11) is 1.34. The fourth-order valence-electron chi connectivity index (χ4n) is 1.94. The molecule has 0 radical (unpaired) electrons. The number of nitro benzene ring substituents is 1. The monoisotopic (exact) mass is 331 g/mol. The molecule has 0 aliphatic heterocycles. The number of hydrogen-bond donors (Lipinski definition) is 1. The number of nitro groups is 1. The van der Waals surface area contributed by atoms with E-state index in [1.807, 2.05) is 0 Å². The van der Waals surface area contributed by atoms with Crippen LogP contribution in [0, 0.1) is 15.9 Å². The molecule has 8 heteroatoms. The molecule has 24 heavy (non-hydrogen) atoms. The number of rotatable bonds is 6. The highest BCUT2D eigenvalue weighted by Gasteiger charge is 2.14. The highest BCUT2D eigenvalue weighted by Crippen LogP contribution is 2.26. The summed E-state index contributed by atoms with van der Waals surface area (Å²) in [6.45, 7) is 0. The Morgan fingerprint density at radius 3 is 2.67 bits per heavy atom. The topological polar surface area (TPSA) is 93.8 Å². The first-order chi connectivity index (χ1) is 11.5. The SMILES string of the molecule is COc1ccc(/C=N/NC(=O)Cc2ccc(F)cc2)cc1[N+](=O)[O-]. The molecule has 124 valence electrons. The molecule has 0 saturated carbocycles. The summed E-state index contributed by atoms with van der Waals surface area (Å²) in [5.41, 5.74) is 3.19. The number of nitrogens with zero attached hydrogens (tertiary/aromatic N) is 2. The van der Waals surface area contributed by atoms with Gasteiger partial charge in [-0.1, -0.05) is 12.1 Å². The quantitative estimate of drug-likeness (QED) is 0.500. The van der Waals surface area contributed by atoms with Gasteiger partial charge in [0, 0.05) is 11.6 Å². The molecule has 0 bridgehead atoms. The Balaban J connectivity index is 1.98. The number of hydrazone groups is 1. The van der Waals surface area contributed by atoms with E-state index in [9.17, 15) is 19.3 Å². The zero-order chi connectivity index (χ0) is 17.5. The molecule has 2 rings (SSSR count). The van der Waals surface area contributed by atoms with E-state index in [0.717, 1.165) is 0 Å². The zero-order valence-corrected chi connectivity index (χ0v) is 12.7. The fraction of sp³-hybridized carbons (Fsp3) is 0.125. The molecule has 0 fully saturated rings. The summed E-state index contributed by atoms with van der Waals surface area (Å²) >= 11 is 0. The second-order valence-corrected chi connectivity index (χ2v) is 4.78. The lowest BCUT2D eigenvalue weighted by Gasteiger charge is -2.02. The molecule has 0 aliphatic rings. The van der Waals surface area contributed by atoms with Crippen molar-refractivity contribution < 1.29 is 18.8 Å². The largest absolute Gasteiger partial charge is 0.490 e. The van der Waals surface area contributed by atoms with Crippen LogP contribution in [0.1, 0.15) is 11.1 Å². The smallest absolute Gasteiger partial charge is 0.311 e. The fourth-order valence-corrected chi connectivity index (χ4v) is 1.94. The van der Waals surface area contributed by atoms with E-state index in [4.69, 9.17) is 4.74 Å². The predicted molar refractivity (Wildman–Crippen MR) is 85.5 cm³/mol. The Morgan fingerprint density at radius 2 is 2.04 bits per heavy atom. The second-order valence-electron chi connectivity index (χ2n) is 4.78. The highest BCUT2D eigenvalue weighted by molar-refractivity contribution is 5.84. The van der Waals surface area contributed by atoms with Crippen molar-refractivity contribution in [1.29, 1.82) is 0 Å². The normalized spacial score (nSPS) is 10.6. The van der Waals surface area contributed by atoms with E-state index < -0.39 is 4.92 Å². The van der Waals surface area contributed by atoms with Gasteiger partial charge in [0.05, 0.1) is 24.7 Å². The lowest BCUT2D eigenvalue weighted by Crippen LogP contribution is -2.19. The number of carbonyl (C=O) groups excluding carboxylic acids is 1. The van der Waals surface area contributed by atoms with Crippen LogP contribution < -0.4 is 10.2 Å². The first-order valence-electron chi connectivity index (χ1n) is 6.88. The van der Waals surface area contributed by atoms with E-state index >= 15 is 0 Å². The number of benzene rings is 2. The lowest BCUT2D eigenvalue weighted by atomic mass is 10.1. The minimum absolute atomic E-state index is 0.0420. The molecule has 0 saturated heterocycles. The molecular formula is C16H14FN3O4. The molecule has 1 N–H and O–H groups in total. The highest BCUT2D eigenvalue weighted by atomic mass is 19.1. The Labute approximate surface area is 136 Å². The maximum atomic E-state index is 12.8. The first-order valence-corrected chi connectivity index (χ1v) is 6.88. The third-order valence-electron chi connectivity index (χ3n) is 3.08. The third kappa shape index (κ3) is 4.60. The van der Waals surface area contributed by atoms with Crippen molar-refractivity contribution in [3.05, 3.63) is 69.5 Å². The maximum Gasteiger partial charge on any atom is 0.311 e. The number of methoxy groups -OCH3 is 1. The number of amides is 1. The molecule has 0 aromatic heterocycles. The Bertz CT molecular complexity index is 775. The van der Waals surface area contributed by atoms with Crippen LogP contribution in [0.5, 0.6) is 5.75 Å². The number of hydrogen-bond acceptors (Lipinski definition) is 5. The van der Waals surface area contributed by atoms with Crippen molar-refractivity contribution in [2.24, 2.45) is 5.10 Å². The van der Waals surface area contributed by atoms with E-state index in [-0.39, 0.29) is 29.6 Å². The van der Waals surface area contributed by atoms with Crippen molar-refractivity contribution in [1.82, 2.24) is 5.43 Å². The standard InChI is InChI=1S/C16H14FN3O4/c1-24-15-7-4-12(8-14(15)20(22)23)10-18-19-16(21)9-11-2-5-13(17)6-3-11/h2-8,10H,9H2,1H3,(H,19,21)/b18-10+. The molecule has 0 aliphatic carbocycles. The van der Waals surface area contributed by atoms with Gasteiger partial charge < -0.3 is 4.74 Å². The van der Waals surface area contributed by atoms with Gasteiger partial charge in [0.15, 0.2) is 5.75 Å². The number of ether oxygens (including phenoxy) is 1. The molecule has 0 unspecified atom stereocenters. The molecular weight excluding hydrogens is 317 g/mol. The molecule has 7 nitrogen and oxygen atoms in total. The van der Waals surface area contributed by atoms with Crippen molar-refractivity contribution in [3.8, 4) is 5.75 Å². The van der Waals surface area contributed by atoms with Crippen molar-refractivity contribution in [2.75, 3.05) is 7.11 Å². The molecule has 1 amide bonds. The molecule has 0 spiro atoms. The van der Waals surface area contributed by atoms with Gasteiger partial charge in [-0.15, -0.1) is 0 Å². The van der Waals surface area contributed by atoms with Crippen LogP contribution in [0.2, 0.25) is 0 Å². The summed E-state index contributed by atoms with van der Waals surface area (Å²) in [5, 5.41) is 14.7. The van der Waals surface area contributed by atoms with E-state index in [1.54, 1.807) is 6.07 Å². The van der Waals surface area contributed by atoms with Crippen molar-refractivity contribution in [3.63, 3.8) is 0 Å². The predicted octanol–water partition coefficient (Wildman–Crippen LogP) is 2.44. The van der Waals surface area contributed by atoms with Crippen LogP contribution in [-0.4, -0.2) is 24.2 Å². The van der Waals surface area contributed by atoms with E-state index in [0.29, 0.717) is 11.1 Å². The summed E-state index contributed by atoms with van der Waals surface area (Å²) in [6.07, 6.45) is 1.33. The van der Waals surface area contributed by atoms with Crippen molar-refractivity contribution >= 4 is 17.8 Å². The Hall–Kier alpha value is -3.29. The minimum atomic E-state index is -0.566. The maximum absolute atomic E-state index is 12.8. The van der Waals surface area contributed by atoms with Crippen LogP contribution in [0.15, 0.2) is 47.6 Å². The number of nitrogens with one attached hydrogen (secondary N) is 1. The molecule has 0 atom stereocenters. The van der Waals surface area contributed by atoms with Gasteiger partial charge in [-0.05, 0) is 29.8 Å². The van der Waals surface area contributed by atoms with Gasteiger partial charge in [0.25, 0.3) is 0 Å². The van der Waals surface area contributed by atoms with Gasteiger partial charge >= 0.3 is 5.69 Å². The molecule has 2 aromatic carbocycles. The summed E-state index contributed by atoms with van der Waals surface area (Å²) in [5.74, 6) is -0.628. The van der Waals surface area contributed by atoms with Gasteiger partial charge in [-0.3, -0.25) is 14.9 Å². The lowest BCUT2D eigenvalue weighted by molar-refractivity contribution is -0.385. The van der Waals surface area contributed by atoms with Crippen LogP contribution in [0.3, 0.4) is 0 Å². The van der Waals surface area contributed by atoms with Crippen LogP contribution >= 0.6 is 0 Å². The van der Waals surface area contributed by atoms with Crippen LogP contribution in [0.4, 0.5) is 10.1 Å². The Morgan fingerprint density at radius 1 is 1.33 bits per heavy atom. The third-order valence-corrected chi connectivity index (χ3v) is 3.08. The van der Waals surface area contributed by atoms with Crippen LogP contribution in [-0.2, 0) is 11.2 Å². The van der Waals surface area contributed by atoms with Crippen molar-refractivity contribution in [2.45, 2.75) is 6.42 Å². The zero-order valence-electron chi connectivity index (χ0n) is 12.7. The first kappa shape index (κ1) is 17.1. The summed E-state index contributed by atoms with van der Waals surface area (Å²) in [6, 6.07) is 9.84. The Kier molecular flexibility index (Phi) is 5.56. The van der Waals surface area contributed by atoms with E-state index in [1.165, 1.54) is 49.7 Å². The average Bonchev–Trinajstić information content (AvgIpc) is 2.56. The minimum Gasteiger partial charge on any atom is -0.490 e. The summed E-state index contributed by atoms with van der Waals surface area (Å²) < 4.78 is 17.7. The number of carbonyl (C=O) groups is 1. The van der Waals surface area contributed by atoms with Gasteiger partial charge in [-0.2, -0.15) is 5.10 Å². The summed E-state index contributed by atoms with van der Waals surface area (Å²) in [4.78, 5) is 22.1. The van der Waals surface area contributed by atoms with Crippen LogP contribution in [0.25, 0.3) is 0 Å². The van der Waals surface area contributed by atoms with Gasteiger partial charge in [-0.25, -0.2) is 9.82 Å². The van der Waals surface area contributed by atoms with Gasteiger partial charge in [0.1, 0.15) is 5.82 Å². The molecule has 0 heterocycles. The van der Waals surface area contributed by atoms with E-state index in [2.05, 4.69) is 10.5 Å². The average molecular weight is 331 g/mol.